The van der Waals surface area contributed by atoms with Crippen LogP contribution in [0.1, 0.15) is 5.56 Å². The second-order valence-electron chi connectivity index (χ2n) is 4.60. The Morgan fingerprint density at radius 1 is 1.00 bits per heavy atom. The van der Waals surface area contributed by atoms with Crippen LogP contribution in [-0.2, 0) is 10.1 Å². The van der Waals surface area contributed by atoms with E-state index in [9.17, 15) is 17.6 Å². The molecule has 3 rings (SSSR count). The highest BCUT2D eigenvalue weighted by molar-refractivity contribution is 7.86. The highest BCUT2D eigenvalue weighted by Crippen LogP contribution is 2.24. The molecule has 1 aliphatic heterocycles. The Hall–Kier alpha value is -1.20. The molecule has 1 heterocycles. The van der Waals surface area contributed by atoms with E-state index in [-0.39, 0.29) is 27.0 Å². The lowest BCUT2D eigenvalue weighted by atomic mass is 10.0. The summed E-state index contributed by atoms with van der Waals surface area (Å²) < 4.78 is 74.8. The Morgan fingerprint density at radius 3 is 2.00 bits per heavy atom. The minimum absolute atomic E-state index is 0.0895. The van der Waals surface area contributed by atoms with Gasteiger partial charge in [-0.05, 0) is 37.3 Å². The van der Waals surface area contributed by atoms with Gasteiger partial charge in [-0.3, -0.25) is 0 Å². The smallest absolute Gasteiger partial charge is 0.485 e. The van der Waals surface area contributed by atoms with Gasteiger partial charge in [0.25, 0.3) is 0 Å². The van der Waals surface area contributed by atoms with Gasteiger partial charge in [0.15, 0.2) is 10.1 Å². The van der Waals surface area contributed by atoms with E-state index in [0.29, 0.717) is 0 Å². The van der Waals surface area contributed by atoms with E-state index in [1.165, 1.54) is 18.3 Å². The maximum absolute atomic E-state index is 13.2. The fraction of sp³-hybridized carbons (Fsp3) is 0.143. The summed E-state index contributed by atoms with van der Waals surface area (Å²) in [5.74, 6) is -0.132. The maximum atomic E-state index is 13.2. The molecule has 3 nitrogen and oxygen atoms in total. The second-order valence-corrected chi connectivity index (χ2v) is 8.84. The van der Waals surface area contributed by atoms with E-state index in [0.717, 1.165) is 5.56 Å². The molecule has 0 bridgehead atoms. The van der Waals surface area contributed by atoms with Crippen molar-refractivity contribution in [2.45, 2.75) is 12.4 Å². The van der Waals surface area contributed by atoms with Crippen LogP contribution in [0.25, 0.3) is 11.1 Å². The molecule has 2 aromatic carbocycles. The van der Waals surface area contributed by atoms with Crippen molar-refractivity contribution in [2.75, 3.05) is 0 Å². The fourth-order valence-corrected chi connectivity index (χ4v) is 4.64. The predicted molar refractivity (Wildman–Crippen MR) is 69.7 cm³/mol. The molecule has 23 heavy (non-hydrogen) atoms. The van der Waals surface area contributed by atoms with Gasteiger partial charge in [0, 0.05) is 11.1 Å². The minimum atomic E-state index is -6.09. The standard InChI is InChI=1S/C13H9FI.CHF3O3S/c1-8-2-4-12-10(6-8)11-7-9(14)3-5-13(11)15-12;2-1(3,4)8(5,6)7/h2-7H,1H3;(H,5,6,7)/q+1;/p-1. The van der Waals surface area contributed by atoms with Gasteiger partial charge in [-0.15, -0.1) is 0 Å². The van der Waals surface area contributed by atoms with Crippen LogP contribution in [0, 0.1) is 19.9 Å². The Bertz CT molecular complexity index is 798. The number of fused-ring (bicyclic) bond motifs is 3. The molecule has 0 aliphatic carbocycles. The molecular weight excluding hydrogens is 451 g/mol. The van der Waals surface area contributed by atoms with Gasteiger partial charge in [-0.25, -0.2) is 12.8 Å². The zero-order chi connectivity index (χ0) is 17.4. The Balaban J connectivity index is 0.000000207. The van der Waals surface area contributed by atoms with E-state index >= 15 is 0 Å². The summed E-state index contributed by atoms with van der Waals surface area (Å²) in [5.41, 5.74) is -2.04. The number of alkyl halides is 3. The predicted octanol–water partition coefficient (Wildman–Crippen LogP) is 0.294. The van der Waals surface area contributed by atoms with E-state index in [1.54, 1.807) is 12.1 Å². The van der Waals surface area contributed by atoms with Gasteiger partial charge in [0.1, 0.15) is 5.82 Å². The zero-order valence-electron chi connectivity index (χ0n) is 11.5. The molecule has 1 aliphatic rings. The quantitative estimate of drug-likeness (QED) is 0.210. The largest absolute Gasteiger partial charge is 0.741 e. The third-order valence-corrected chi connectivity index (χ3v) is 6.44. The van der Waals surface area contributed by atoms with E-state index in [2.05, 4.69) is 25.1 Å². The molecule has 0 radical (unpaired) electrons. The molecule has 0 saturated heterocycles. The average molecular weight is 460 g/mol. The first-order chi connectivity index (χ1) is 10.5. The highest BCUT2D eigenvalue weighted by Gasteiger charge is 2.37. The molecule has 9 heteroatoms. The SMILES string of the molecule is Cc1ccc2c(c1)-c1cc(F)ccc1[I+]2.O=S(=O)([O-])C(F)(F)F. The van der Waals surface area contributed by atoms with Crippen LogP contribution in [0.3, 0.4) is 0 Å². The van der Waals surface area contributed by atoms with Crippen molar-refractivity contribution in [3.8, 4) is 11.1 Å². The van der Waals surface area contributed by atoms with E-state index in [4.69, 9.17) is 13.0 Å². The van der Waals surface area contributed by atoms with Gasteiger partial charge >= 0.3 is 26.7 Å². The van der Waals surface area contributed by atoms with Gasteiger partial charge in [0.2, 0.25) is 7.14 Å². The molecular formula is C14H9F4IO3S. The van der Waals surface area contributed by atoms with Gasteiger partial charge < -0.3 is 4.55 Å². The summed E-state index contributed by atoms with van der Waals surface area (Å²) >= 11 is -0.0895. The molecule has 0 atom stereocenters. The first-order valence-corrected chi connectivity index (χ1v) is 9.63. The number of aryl methyl sites for hydroxylation is 1. The summed E-state index contributed by atoms with van der Waals surface area (Å²) in [4.78, 5) is 0. The number of hydrogen-bond donors (Lipinski definition) is 0. The molecule has 0 N–H and O–H groups in total. The fourth-order valence-electron chi connectivity index (χ4n) is 1.82. The highest BCUT2D eigenvalue weighted by atomic mass is 127. The number of rotatable bonds is 0. The number of hydrogen-bond acceptors (Lipinski definition) is 3. The van der Waals surface area contributed by atoms with Crippen LogP contribution in [0.4, 0.5) is 17.6 Å². The molecule has 0 spiro atoms. The Morgan fingerprint density at radius 2 is 1.48 bits per heavy atom. The van der Waals surface area contributed by atoms with Crippen molar-refractivity contribution in [3.63, 3.8) is 0 Å². The van der Waals surface area contributed by atoms with Gasteiger partial charge in [0.05, 0.1) is 0 Å². The molecule has 0 saturated carbocycles. The van der Waals surface area contributed by atoms with Crippen LogP contribution in [0.5, 0.6) is 0 Å². The summed E-state index contributed by atoms with van der Waals surface area (Å²) in [6.45, 7) is 2.08. The van der Waals surface area contributed by atoms with Crippen molar-refractivity contribution in [1.29, 1.82) is 0 Å². The van der Waals surface area contributed by atoms with Gasteiger partial charge in [-0.2, -0.15) is 13.2 Å². The normalized spacial score (nSPS) is 13.0. The molecule has 0 fully saturated rings. The van der Waals surface area contributed by atoms with Crippen molar-refractivity contribution >= 4 is 10.1 Å². The van der Waals surface area contributed by atoms with Crippen molar-refractivity contribution < 1.29 is 51.7 Å². The molecule has 0 amide bonds. The van der Waals surface area contributed by atoms with E-state index in [1.807, 2.05) is 6.07 Å². The lowest BCUT2D eigenvalue weighted by Crippen LogP contribution is -3.61. The maximum Gasteiger partial charge on any atom is 0.485 e. The van der Waals surface area contributed by atoms with E-state index < -0.39 is 15.6 Å². The second kappa shape index (κ2) is 6.36. The molecule has 124 valence electrons. The van der Waals surface area contributed by atoms with Crippen molar-refractivity contribution in [1.82, 2.24) is 0 Å². The third-order valence-electron chi connectivity index (χ3n) is 2.83. The Labute approximate surface area is 140 Å². The summed E-state index contributed by atoms with van der Waals surface area (Å²) in [5, 5.41) is 0. The molecule has 0 unspecified atom stereocenters. The molecule has 2 aromatic rings. The van der Waals surface area contributed by atoms with Crippen LogP contribution >= 0.6 is 0 Å². The number of benzene rings is 2. The van der Waals surface area contributed by atoms with Gasteiger partial charge in [-0.1, -0.05) is 11.6 Å². The van der Waals surface area contributed by atoms with Crippen LogP contribution in [0.2, 0.25) is 0 Å². The van der Waals surface area contributed by atoms with Crippen LogP contribution < -0.4 is 21.2 Å². The summed E-state index contributed by atoms with van der Waals surface area (Å²) in [6, 6.07) is 11.7. The lowest BCUT2D eigenvalue weighted by molar-refractivity contribution is -0.589. The number of halogens is 5. The van der Waals surface area contributed by atoms with Crippen molar-refractivity contribution in [2.24, 2.45) is 0 Å². The Kier molecular flexibility index (Phi) is 5.02. The van der Waals surface area contributed by atoms with Crippen molar-refractivity contribution in [3.05, 3.63) is 54.9 Å². The minimum Gasteiger partial charge on any atom is -0.741 e. The first-order valence-electron chi connectivity index (χ1n) is 6.06. The third kappa shape index (κ3) is 4.21. The van der Waals surface area contributed by atoms with Crippen LogP contribution in [0.15, 0.2) is 36.4 Å². The molecule has 0 aromatic heterocycles. The average Bonchev–Trinajstić information content (AvgIpc) is 2.75. The topological polar surface area (TPSA) is 57.2 Å². The summed E-state index contributed by atoms with van der Waals surface area (Å²) in [7, 11) is -6.09. The summed E-state index contributed by atoms with van der Waals surface area (Å²) in [6.07, 6.45) is 0. The lowest BCUT2D eigenvalue weighted by Gasteiger charge is -2.08. The van der Waals surface area contributed by atoms with Crippen LogP contribution in [-0.4, -0.2) is 18.5 Å². The monoisotopic (exact) mass is 460 g/mol. The first kappa shape index (κ1) is 18.1. The zero-order valence-corrected chi connectivity index (χ0v) is 14.5.